The number of aryl methyl sites for hydroxylation is 1. The first-order chi connectivity index (χ1) is 8.31. The molecule has 0 radical (unpaired) electrons. The molecule has 0 aliphatic heterocycles. The highest BCUT2D eigenvalue weighted by molar-refractivity contribution is 4.91. The van der Waals surface area contributed by atoms with Gasteiger partial charge in [-0.25, -0.2) is 4.98 Å². The molecule has 1 aliphatic carbocycles. The lowest BCUT2D eigenvalue weighted by Crippen LogP contribution is -2.43. The van der Waals surface area contributed by atoms with Gasteiger partial charge < -0.3 is 0 Å². The zero-order valence-corrected chi connectivity index (χ0v) is 10.6. The number of hydrogen-bond donors (Lipinski definition) is 2. The van der Waals surface area contributed by atoms with Gasteiger partial charge in [-0.15, -0.1) is 0 Å². The average molecular weight is 237 g/mol. The third-order valence-electron chi connectivity index (χ3n) is 3.89. The monoisotopic (exact) mass is 237 g/mol. The van der Waals surface area contributed by atoms with Gasteiger partial charge in [0.2, 0.25) is 0 Å². The number of nitrogens with zero attached hydrogens (tertiary/aromatic N) is 3. The standard InChI is InChI=1S/C12H23N5/c1-17-12(14-9-15-17)8-11(16-13)10-6-4-2-3-5-7-10/h9-11,16H,2-8,13H2,1H3. The van der Waals surface area contributed by atoms with Gasteiger partial charge >= 0.3 is 0 Å². The van der Waals surface area contributed by atoms with Crippen LogP contribution in [0.25, 0.3) is 0 Å². The Hall–Kier alpha value is -0.940. The van der Waals surface area contributed by atoms with Crippen molar-refractivity contribution < 1.29 is 0 Å². The minimum atomic E-state index is 0.330. The predicted molar refractivity (Wildman–Crippen MR) is 67.0 cm³/mol. The normalized spacial score (nSPS) is 20.1. The van der Waals surface area contributed by atoms with E-state index in [1.165, 1.54) is 38.5 Å². The molecule has 96 valence electrons. The fraction of sp³-hybridized carbons (Fsp3) is 0.833. The predicted octanol–water partition coefficient (Wildman–Crippen LogP) is 1.16. The molecule has 1 saturated carbocycles. The summed E-state index contributed by atoms with van der Waals surface area (Å²) in [6.07, 6.45) is 10.5. The highest BCUT2D eigenvalue weighted by Gasteiger charge is 2.23. The lowest BCUT2D eigenvalue weighted by Gasteiger charge is -2.25. The van der Waals surface area contributed by atoms with E-state index in [9.17, 15) is 0 Å². The van der Waals surface area contributed by atoms with Crippen LogP contribution >= 0.6 is 0 Å². The van der Waals surface area contributed by atoms with E-state index in [-0.39, 0.29) is 0 Å². The Labute approximate surface area is 103 Å². The Morgan fingerprint density at radius 1 is 1.41 bits per heavy atom. The van der Waals surface area contributed by atoms with Crippen molar-refractivity contribution in [3.63, 3.8) is 0 Å². The molecule has 1 fully saturated rings. The molecule has 1 unspecified atom stereocenters. The second kappa shape index (κ2) is 6.12. The third kappa shape index (κ3) is 3.26. The quantitative estimate of drug-likeness (QED) is 0.468. The summed E-state index contributed by atoms with van der Waals surface area (Å²) in [5, 5.41) is 4.10. The summed E-state index contributed by atoms with van der Waals surface area (Å²) in [5.41, 5.74) is 2.98. The third-order valence-corrected chi connectivity index (χ3v) is 3.89. The van der Waals surface area contributed by atoms with Gasteiger partial charge in [0, 0.05) is 19.5 Å². The SMILES string of the molecule is Cn1ncnc1CC(NN)C1CCCCCC1. The van der Waals surface area contributed by atoms with Crippen LogP contribution in [-0.2, 0) is 13.5 Å². The summed E-state index contributed by atoms with van der Waals surface area (Å²) in [4.78, 5) is 4.28. The first-order valence-electron chi connectivity index (χ1n) is 6.60. The number of hydrogen-bond acceptors (Lipinski definition) is 4. The Bertz CT molecular complexity index is 327. The van der Waals surface area contributed by atoms with Gasteiger partial charge in [-0.3, -0.25) is 16.0 Å². The zero-order chi connectivity index (χ0) is 12.1. The number of rotatable bonds is 4. The van der Waals surface area contributed by atoms with Crippen molar-refractivity contribution in [2.24, 2.45) is 18.8 Å². The Morgan fingerprint density at radius 3 is 2.65 bits per heavy atom. The van der Waals surface area contributed by atoms with E-state index >= 15 is 0 Å². The van der Waals surface area contributed by atoms with Crippen molar-refractivity contribution in [2.75, 3.05) is 0 Å². The fourth-order valence-corrected chi connectivity index (χ4v) is 2.78. The second-order valence-electron chi connectivity index (χ2n) is 5.03. The molecular formula is C12H23N5. The van der Waals surface area contributed by atoms with Crippen LogP contribution in [0.1, 0.15) is 44.3 Å². The van der Waals surface area contributed by atoms with Gasteiger partial charge in [-0.1, -0.05) is 25.7 Å². The first kappa shape index (κ1) is 12.5. The van der Waals surface area contributed by atoms with Gasteiger partial charge in [-0.2, -0.15) is 5.10 Å². The molecule has 0 bridgehead atoms. The van der Waals surface area contributed by atoms with E-state index < -0.39 is 0 Å². The second-order valence-corrected chi connectivity index (χ2v) is 5.03. The van der Waals surface area contributed by atoms with Gasteiger partial charge in [0.25, 0.3) is 0 Å². The molecule has 1 aliphatic rings. The summed E-state index contributed by atoms with van der Waals surface area (Å²) in [6.45, 7) is 0. The highest BCUT2D eigenvalue weighted by atomic mass is 15.3. The average Bonchev–Trinajstić information content (AvgIpc) is 2.58. The van der Waals surface area contributed by atoms with Crippen LogP contribution < -0.4 is 11.3 Å². The maximum atomic E-state index is 5.71. The van der Waals surface area contributed by atoms with E-state index in [4.69, 9.17) is 5.84 Å². The fourth-order valence-electron chi connectivity index (χ4n) is 2.78. The molecule has 0 saturated heterocycles. The smallest absolute Gasteiger partial charge is 0.138 e. The van der Waals surface area contributed by atoms with Crippen LogP contribution in [0.2, 0.25) is 0 Å². The molecule has 1 heterocycles. The van der Waals surface area contributed by atoms with E-state index in [2.05, 4.69) is 15.5 Å². The Kier molecular flexibility index (Phi) is 4.50. The lowest BCUT2D eigenvalue weighted by molar-refractivity contribution is 0.314. The van der Waals surface area contributed by atoms with Crippen molar-refractivity contribution in [3.05, 3.63) is 12.2 Å². The first-order valence-corrected chi connectivity index (χ1v) is 6.60. The van der Waals surface area contributed by atoms with Crippen LogP contribution in [-0.4, -0.2) is 20.8 Å². The Morgan fingerprint density at radius 2 is 2.12 bits per heavy atom. The van der Waals surface area contributed by atoms with Crippen LogP contribution in [0.5, 0.6) is 0 Å². The molecule has 0 spiro atoms. The molecule has 0 amide bonds. The maximum absolute atomic E-state index is 5.71. The van der Waals surface area contributed by atoms with E-state index in [0.717, 1.165) is 12.2 Å². The zero-order valence-electron chi connectivity index (χ0n) is 10.6. The summed E-state index contributed by atoms with van der Waals surface area (Å²) in [5.74, 6) is 7.40. The largest absolute Gasteiger partial charge is 0.271 e. The van der Waals surface area contributed by atoms with Crippen molar-refractivity contribution in [2.45, 2.75) is 51.0 Å². The van der Waals surface area contributed by atoms with Gasteiger partial charge in [-0.05, 0) is 18.8 Å². The van der Waals surface area contributed by atoms with Crippen LogP contribution in [0, 0.1) is 5.92 Å². The molecular weight excluding hydrogens is 214 g/mol. The van der Waals surface area contributed by atoms with Crippen LogP contribution in [0.3, 0.4) is 0 Å². The van der Waals surface area contributed by atoms with E-state index in [1.54, 1.807) is 6.33 Å². The lowest BCUT2D eigenvalue weighted by atomic mass is 9.90. The molecule has 1 atom stereocenters. The molecule has 0 aromatic carbocycles. The molecule has 2 rings (SSSR count). The molecule has 5 heteroatoms. The van der Waals surface area contributed by atoms with Crippen molar-refractivity contribution in [3.8, 4) is 0 Å². The van der Waals surface area contributed by atoms with E-state index in [1.807, 2.05) is 11.7 Å². The van der Waals surface area contributed by atoms with Crippen molar-refractivity contribution in [1.29, 1.82) is 0 Å². The highest BCUT2D eigenvalue weighted by Crippen LogP contribution is 2.26. The van der Waals surface area contributed by atoms with Crippen molar-refractivity contribution in [1.82, 2.24) is 20.2 Å². The summed E-state index contributed by atoms with van der Waals surface area (Å²) >= 11 is 0. The van der Waals surface area contributed by atoms with Gasteiger partial charge in [0.15, 0.2) is 0 Å². The number of nitrogens with two attached hydrogens (primary N) is 1. The van der Waals surface area contributed by atoms with Gasteiger partial charge in [0.05, 0.1) is 0 Å². The Balaban J connectivity index is 1.97. The maximum Gasteiger partial charge on any atom is 0.138 e. The molecule has 3 N–H and O–H groups in total. The van der Waals surface area contributed by atoms with Crippen LogP contribution in [0.15, 0.2) is 6.33 Å². The summed E-state index contributed by atoms with van der Waals surface area (Å²) < 4.78 is 1.83. The minimum absolute atomic E-state index is 0.330. The molecule has 1 aromatic heterocycles. The number of hydrazine groups is 1. The van der Waals surface area contributed by atoms with Crippen LogP contribution in [0.4, 0.5) is 0 Å². The topological polar surface area (TPSA) is 68.8 Å². The molecule has 1 aromatic rings. The minimum Gasteiger partial charge on any atom is -0.271 e. The van der Waals surface area contributed by atoms with E-state index in [0.29, 0.717) is 12.0 Å². The number of aromatic nitrogens is 3. The molecule has 17 heavy (non-hydrogen) atoms. The summed E-state index contributed by atoms with van der Waals surface area (Å²) in [7, 11) is 1.93. The number of nitrogens with one attached hydrogen (secondary N) is 1. The van der Waals surface area contributed by atoms with Crippen molar-refractivity contribution >= 4 is 0 Å². The molecule has 5 nitrogen and oxygen atoms in total. The van der Waals surface area contributed by atoms with Gasteiger partial charge in [0.1, 0.15) is 12.2 Å². The summed E-state index contributed by atoms with van der Waals surface area (Å²) in [6, 6.07) is 0.330.